The zero-order valence-corrected chi connectivity index (χ0v) is 11.9. The fraction of sp³-hybridized carbons (Fsp3) is 0.312. The van der Waals surface area contributed by atoms with Gasteiger partial charge in [0.25, 0.3) is 0 Å². The van der Waals surface area contributed by atoms with Crippen LogP contribution in [0.4, 0.5) is 0 Å². The van der Waals surface area contributed by atoms with Crippen molar-refractivity contribution in [2.45, 2.75) is 19.6 Å². The molecule has 1 unspecified atom stereocenters. The van der Waals surface area contributed by atoms with Crippen LogP contribution in [0.3, 0.4) is 0 Å². The third-order valence-corrected chi connectivity index (χ3v) is 3.09. The summed E-state index contributed by atoms with van der Waals surface area (Å²) in [4.78, 5) is 11.7. The lowest BCUT2D eigenvalue weighted by molar-refractivity contribution is -0.168. The van der Waals surface area contributed by atoms with Gasteiger partial charge in [0, 0.05) is 7.11 Å². The lowest BCUT2D eigenvalue weighted by atomic mass is 10.0. The molecule has 0 fully saturated rings. The summed E-state index contributed by atoms with van der Waals surface area (Å²) < 4.78 is 15.2. The molecule has 20 heavy (non-hydrogen) atoms. The number of rotatable bonds is 5. The molecule has 4 heteroatoms. The molecule has 0 aliphatic heterocycles. The molecule has 0 heterocycles. The molecule has 0 aliphatic rings. The second-order valence-corrected chi connectivity index (χ2v) is 4.52. The van der Waals surface area contributed by atoms with E-state index in [1.807, 2.05) is 36.4 Å². The van der Waals surface area contributed by atoms with E-state index in [9.17, 15) is 4.79 Å². The molecule has 0 N–H and O–H groups in total. The molecule has 1 atom stereocenters. The summed E-state index contributed by atoms with van der Waals surface area (Å²) in [7, 11) is 3.14. The Hall–Kier alpha value is -2.07. The summed E-state index contributed by atoms with van der Waals surface area (Å²) in [5.41, 5.74) is 0.913. The van der Waals surface area contributed by atoms with E-state index in [0.717, 1.165) is 22.1 Å². The predicted octanol–water partition coefficient (Wildman–Crippen LogP) is 2.93. The van der Waals surface area contributed by atoms with Gasteiger partial charge in [0.2, 0.25) is 0 Å². The van der Waals surface area contributed by atoms with E-state index in [2.05, 4.69) is 0 Å². The molecule has 2 rings (SSSR count). The third kappa shape index (κ3) is 3.48. The third-order valence-electron chi connectivity index (χ3n) is 3.09. The van der Waals surface area contributed by atoms with E-state index in [1.165, 1.54) is 7.11 Å². The number of hydrogen-bond donors (Lipinski definition) is 0. The van der Waals surface area contributed by atoms with E-state index >= 15 is 0 Å². The molecule has 4 nitrogen and oxygen atoms in total. The number of ether oxygens (including phenoxy) is 3. The monoisotopic (exact) mass is 274 g/mol. The molecule has 0 saturated carbocycles. The zero-order valence-electron chi connectivity index (χ0n) is 11.9. The number of carbonyl (C=O) groups excluding carboxylic acids is 1. The number of hydrogen-bond acceptors (Lipinski definition) is 4. The van der Waals surface area contributed by atoms with Gasteiger partial charge >= 0.3 is 5.97 Å². The van der Waals surface area contributed by atoms with Crippen molar-refractivity contribution in [2.24, 2.45) is 0 Å². The first kappa shape index (κ1) is 14.3. The van der Waals surface area contributed by atoms with Crippen LogP contribution in [0.2, 0.25) is 0 Å². The molecule has 0 aliphatic carbocycles. The summed E-state index contributed by atoms with van der Waals surface area (Å²) in [6.45, 7) is 1.69. The number of benzene rings is 2. The van der Waals surface area contributed by atoms with Gasteiger partial charge in [0.15, 0.2) is 6.29 Å². The Morgan fingerprint density at radius 2 is 1.80 bits per heavy atom. The first-order valence-corrected chi connectivity index (χ1v) is 6.41. The molecular formula is C16H18O4. The summed E-state index contributed by atoms with van der Waals surface area (Å²) >= 11 is 0. The molecule has 0 radical (unpaired) electrons. The Labute approximate surface area is 118 Å². The SMILES string of the molecule is COc1ccc2cc(CC(=O)OC(C)OC)ccc2c1. The van der Waals surface area contributed by atoms with E-state index in [-0.39, 0.29) is 12.4 Å². The highest BCUT2D eigenvalue weighted by Gasteiger charge is 2.09. The van der Waals surface area contributed by atoms with Crippen LogP contribution in [0, 0.1) is 0 Å². The molecule has 0 aromatic heterocycles. The van der Waals surface area contributed by atoms with Crippen molar-refractivity contribution >= 4 is 16.7 Å². The van der Waals surface area contributed by atoms with Gasteiger partial charge in [0.1, 0.15) is 5.75 Å². The smallest absolute Gasteiger partial charge is 0.312 e. The van der Waals surface area contributed by atoms with E-state index in [0.29, 0.717) is 0 Å². The average molecular weight is 274 g/mol. The van der Waals surface area contributed by atoms with Crippen molar-refractivity contribution in [1.82, 2.24) is 0 Å². The minimum Gasteiger partial charge on any atom is -0.497 e. The first-order chi connectivity index (χ1) is 9.62. The van der Waals surface area contributed by atoms with E-state index < -0.39 is 6.29 Å². The number of carbonyl (C=O) groups is 1. The van der Waals surface area contributed by atoms with Crippen LogP contribution in [0.1, 0.15) is 12.5 Å². The largest absolute Gasteiger partial charge is 0.497 e. The molecule has 0 spiro atoms. The van der Waals surface area contributed by atoms with Gasteiger partial charge in [0.05, 0.1) is 13.5 Å². The van der Waals surface area contributed by atoms with Gasteiger partial charge in [-0.05, 0) is 35.4 Å². The fourth-order valence-electron chi connectivity index (χ4n) is 1.95. The summed E-state index contributed by atoms with van der Waals surface area (Å²) in [6.07, 6.45) is -0.289. The van der Waals surface area contributed by atoms with Crippen LogP contribution in [-0.4, -0.2) is 26.5 Å². The van der Waals surface area contributed by atoms with E-state index in [4.69, 9.17) is 14.2 Å². The van der Waals surface area contributed by atoms with Crippen LogP contribution in [0.5, 0.6) is 5.75 Å². The topological polar surface area (TPSA) is 44.8 Å². The summed E-state index contributed by atoms with van der Waals surface area (Å²) in [5.74, 6) is 0.519. The number of methoxy groups -OCH3 is 2. The highest BCUT2D eigenvalue weighted by Crippen LogP contribution is 2.22. The van der Waals surface area contributed by atoms with Crippen molar-refractivity contribution in [3.63, 3.8) is 0 Å². The van der Waals surface area contributed by atoms with Gasteiger partial charge in [-0.3, -0.25) is 4.79 Å². The van der Waals surface area contributed by atoms with Crippen LogP contribution in [0.15, 0.2) is 36.4 Å². The molecule has 2 aromatic rings. The lowest BCUT2D eigenvalue weighted by Crippen LogP contribution is -2.17. The number of fused-ring (bicyclic) bond motifs is 1. The average Bonchev–Trinajstić information content (AvgIpc) is 2.46. The molecular weight excluding hydrogens is 256 g/mol. The highest BCUT2D eigenvalue weighted by atomic mass is 16.7. The van der Waals surface area contributed by atoms with Gasteiger partial charge < -0.3 is 14.2 Å². The van der Waals surface area contributed by atoms with Crippen LogP contribution >= 0.6 is 0 Å². The molecule has 0 saturated heterocycles. The minimum absolute atomic E-state index is 0.232. The molecule has 106 valence electrons. The lowest BCUT2D eigenvalue weighted by Gasteiger charge is -2.11. The van der Waals surface area contributed by atoms with Crippen molar-refractivity contribution < 1.29 is 19.0 Å². The Kier molecular flexibility index (Phi) is 4.58. The fourth-order valence-corrected chi connectivity index (χ4v) is 1.95. The van der Waals surface area contributed by atoms with Crippen LogP contribution in [-0.2, 0) is 20.7 Å². The molecule has 0 amide bonds. The summed E-state index contributed by atoms with van der Waals surface area (Å²) in [6, 6.07) is 11.7. The molecule has 0 bridgehead atoms. The Morgan fingerprint density at radius 3 is 2.50 bits per heavy atom. The van der Waals surface area contributed by atoms with Crippen molar-refractivity contribution in [1.29, 1.82) is 0 Å². The van der Waals surface area contributed by atoms with Gasteiger partial charge in [-0.1, -0.05) is 24.3 Å². The van der Waals surface area contributed by atoms with Crippen molar-refractivity contribution in [2.75, 3.05) is 14.2 Å². The summed E-state index contributed by atoms with van der Waals surface area (Å²) in [5, 5.41) is 2.14. The van der Waals surface area contributed by atoms with Crippen molar-refractivity contribution in [3.8, 4) is 5.75 Å². The Balaban J connectivity index is 2.13. The standard InChI is InChI=1S/C16H18O4/c1-11(18-2)20-16(17)9-12-4-5-14-10-15(19-3)7-6-13(14)8-12/h4-8,10-11H,9H2,1-3H3. The Bertz CT molecular complexity index is 606. The van der Waals surface area contributed by atoms with Gasteiger partial charge in [-0.25, -0.2) is 0 Å². The highest BCUT2D eigenvalue weighted by molar-refractivity contribution is 5.85. The zero-order chi connectivity index (χ0) is 14.5. The van der Waals surface area contributed by atoms with Gasteiger partial charge in [-0.2, -0.15) is 0 Å². The first-order valence-electron chi connectivity index (χ1n) is 6.41. The quantitative estimate of drug-likeness (QED) is 0.621. The second-order valence-electron chi connectivity index (χ2n) is 4.52. The normalized spacial score (nSPS) is 12.2. The van der Waals surface area contributed by atoms with Crippen molar-refractivity contribution in [3.05, 3.63) is 42.0 Å². The van der Waals surface area contributed by atoms with Gasteiger partial charge in [-0.15, -0.1) is 0 Å². The predicted molar refractivity (Wildman–Crippen MR) is 76.8 cm³/mol. The second kappa shape index (κ2) is 6.39. The Morgan fingerprint density at radius 1 is 1.10 bits per heavy atom. The van der Waals surface area contributed by atoms with Crippen LogP contribution < -0.4 is 4.74 Å². The number of esters is 1. The maximum atomic E-state index is 11.7. The van der Waals surface area contributed by atoms with Crippen LogP contribution in [0.25, 0.3) is 10.8 Å². The maximum absolute atomic E-state index is 11.7. The maximum Gasteiger partial charge on any atom is 0.312 e. The minimum atomic E-state index is -0.521. The molecule has 2 aromatic carbocycles. The van der Waals surface area contributed by atoms with E-state index in [1.54, 1.807) is 14.0 Å².